The van der Waals surface area contributed by atoms with Gasteiger partial charge in [-0.05, 0) is 22.0 Å². The van der Waals surface area contributed by atoms with Crippen LogP contribution in [-0.4, -0.2) is 23.6 Å². The van der Waals surface area contributed by atoms with Gasteiger partial charge in [-0.25, -0.2) is 13.4 Å². The van der Waals surface area contributed by atoms with Crippen molar-refractivity contribution >= 4 is 37.1 Å². The zero-order chi connectivity index (χ0) is 12.5. The first-order valence-electron chi connectivity index (χ1n) is 4.88. The number of aromatic amines is 1. The molecule has 2 heterocycles. The van der Waals surface area contributed by atoms with E-state index in [4.69, 9.17) is 0 Å². The van der Waals surface area contributed by atoms with Crippen LogP contribution in [0.2, 0.25) is 0 Å². The summed E-state index contributed by atoms with van der Waals surface area (Å²) < 4.78 is 24.9. The minimum Gasteiger partial charge on any atom is -0.262 e. The molecule has 0 aliphatic carbocycles. The Morgan fingerprint density at radius 2 is 2.29 bits per heavy atom. The van der Waals surface area contributed by atoms with Gasteiger partial charge in [-0.2, -0.15) is 0 Å². The Hall–Kier alpha value is -0.730. The quantitative estimate of drug-likeness (QED) is 0.928. The highest BCUT2D eigenvalue weighted by Gasteiger charge is 2.21. The molecular weight excluding hydrogens is 326 g/mol. The average Bonchev–Trinajstić information content (AvgIpc) is 2.86. The second kappa shape index (κ2) is 4.87. The Kier molecular flexibility index (Phi) is 3.64. The van der Waals surface area contributed by atoms with E-state index in [-0.39, 0.29) is 10.9 Å². The largest absolute Gasteiger partial charge is 0.267 e. The fraction of sp³-hybridized carbons (Fsp3) is 0.333. The molecule has 5 nitrogen and oxygen atoms in total. The Bertz CT molecular complexity index is 618. The first kappa shape index (κ1) is 12.7. The predicted molar refractivity (Wildman–Crippen MR) is 68.7 cm³/mol. The number of nitrogens with zero attached hydrogens (tertiary/aromatic N) is 2. The molecule has 2 rings (SSSR count). The van der Waals surface area contributed by atoms with Crippen molar-refractivity contribution in [1.82, 2.24) is 15.2 Å². The predicted octanol–water partition coefficient (Wildman–Crippen LogP) is 2.17. The Labute approximate surface area is 111 Å². The molecule has 0 fully saturated rings. The molecule has 2 aromatic heterocycles. The van der Waals surface area contributed by atoms with Crippen LogP contribution in [0.5, 0.6) is 0 Å². The van der Waals surface area contributed by atoms with Gasteiger partial charge in [0.05, 0.1) is 5.75 Å². The molecule has 0 aliphatic heterocycles. The number of thiophene rings is 1. The van der Waals surface area contributed by atoms with Gasteiger partial charge < -0.3 is 0 Å². The topological polar surface area (TPSA) is 75.7 Å². The lowest BCUT2D eigenvalue weighted by atomic mass is 10.5. The number of sulfone groups is 1. The van der Waals surface area contributed by atoms with Gasteiger partial charge in [0.2, 0.25) is 9.84 Å². The Morgan fingerprint density at radius 1 is 1.53 bits per heavy atom. The van der Waals surface area contributed by atoms with Gasteiger partial charge in [-0.15, -0.1) is 16.4 Å². The standard InChI is InChI=1S/C9H10BrN3O2S2/c1-2-8-11-9(13-12-8)17(14,15)5-7-3-6(10)4-16-7/h3-4H,2,5H2,1H3,(H,11,12,13). The number of nitrogens with one attached hydrogen (secondary N) is 1. The smallest absolute Gasteiger partial charge is 0.262 e. The number of halogens is 1. The Morgan fingerprint density at radius 3 is 2.82 bits per heavy atom. The molecule has 2 aromatic rings. The first-order chi connectivity index (χ1) is 8.01. The summed E-state index contributed by atoms with van der Waals surface area (Å²) in [5, 5.41) is 8.06. The minimum absolute atomic E-state index is 0.0652. The summed E-state index contributed by atoms with van der Waals surface area (Å²) in [6, 6.07) is 1.79. The van der Waals surface area contributed by atoms with Crippen LogP contribution in [0.1, 0.15) is 17.6 Å². The van der Waals surface area contributed by atoms with Crippen molar-refractivity contribution < 1.29 is 8.42 Å². The third-order valence-electron chi connectivity index (χ3n) is 2.08. The SMILES string of the molecule is CCc1nc(S(=O)(=O)Cc2cc(Br)cs2)n[nH]1. The highest BCUT2D eigenvalue weighted by Crippen LogP contribution is 2.23. The summed E-state index contributed by atoms with van der Waals surface area (Å²) in [5.74, 6) is 0.514. The van der Waals surface area contributed by atoms with Crippen molar-refractivity contribution in [3.63, 3.8) is 0 Å². The number of aryl methyl sites for hydroxylation is 1. The second-order valence-corrected chi connectivity index (χ2v) is 7.20. The van der Waals surface area contributed by atoms with E-state index < -0.39 is 9.84 Å². The number of H-pyrrole nitrogens is 1. The fourth-order valence-electron chi connectivity index (χ4n) is 1.26. The second-order valence-electron chi connectivity index (χ2n) is 3.41. The van der Waals surface area contributed by atoms with Gasteiger partial charge >= 0.3 is 0 Å². The molecule has 0 bridgehead atoms. The molecule has 0 atom stereocenters. The molecule has 0 spiro atoms. The monoisotopic (exact) mass is 335 g/mol. The van der Waals surface area contributed by atoms with Gasteiger partial charge in [0.1, 0.15) is 5.82 Å². The van der Waals surface area contributed by atoms with E-state index in [1.807, 2.05) is 12.3 Å². The van der Waals surface area contributed by atoms with Crippen LogP contribution in [0.15, 0.2) is 21.1 Å². The molecule has 92 valence electrons. The molecule has 0 amide bonds. The minimum atomic E-state index is -3.45. The summed E-state index contributed by atoms with van der Waals surface area (Å²) in [5.41, 5.74) is 0. The lowest BCUT2D eigenvalue weighted by molar-refractivity contribution is 0.587. The molecule has 1 N–H and O–H groups in total. The van der Waals surface area contributed by atoms with E-state index >= 15 is 0 Å². The van der Waals surface area contributed by atoms with Crippen molar-refractivity contribution in [3.8, 4) is 0 Å². The van der Waals surface area contributed by atoms with Gasteiger partial charge in [-0.3, -0.25) is 5.10 Å². The summed E-state index contributed by atoms with van der Waals surface area (Å²) in [4.78, 5) is 4.71. The number of hydrogen-bond donors (Lipinski definition) is 1. The van der Waals surface area contributed by atoms with Crippen molar-refractivity contribution in [2.24, 2.45) is 0 Å². The van der Waals surface area contributed by atoms with Gasteiger partial charge in [-0.1, -0.05) is 6.92 Å². The molecule has 0 aliphatic rings. The summed E-state index contributed by atoms with van der Waals surface area (Å²) in [7, 11) is -3.45. The summed E-state index contributed by atoms with van der Waals surface area (Å²) >= 11 is 4.68. The molecule has 0 unspecified atom stereocenters. The molecule has 0 saturated carbocycles. The molecule has 0 radical (unpaired) electrons. The maximum absolute atomic E-state index is 12.0. The zero-order valence-electron chi connectivity index (χ0n) is 8.97. The van der Waals surface area contributed by atoms with Crippen LogP contribution in [0.4, 0.5) is 0 Å². The number of aromatic nitrogens is 3. The lowest BCUT2D eigenvalue weighted by Crippen LogP contribution is -2.06. The van der Waals surface area contributed by atoms with Crippen molar-refractivity contribution in [3.05, 3.63) is 26.6 Å². The normalized spacial score (nSPS) is 11.9. The van der Waals surface area contributed by atoms with Crippen molar-refractivity contribution in [1.29, 1.82) is 0 Å². The van der Waals surface area contributed by atoms with Gasteiger partial charge in [0, 0.05) is 21.2 Å². The van der Waals surface area contributed by atoms with Gasteiger partial charge in [0.15, 0.2) is 0 Å². The molecule has 0 saturated heterocycles. The molecule has 17 heavy (non-hydrogen) atoms. The molecular formula is C9H10BrN3O2S2. The zero-order valence-corrected chi connectivity index (χ0v) is 12.2. The van der Waals surface area contributed by atoms with Crippen molar-refractivity contribution in [2.45, 2.75) is 24.3 Å². The lowest BCUT2D eigenvalue weighted by Gasteiger charge is -1.96. The van der Waals surface area contributed by atoms with E-state index in [0.29, 0.717) is 12.2 Å². The molecule has 0 aromatic carbocycles. The Balaban J connectivity index is 2.24. The van der Waals surface area contributed by atoms with E-state index in [1.54, 1.807) is 6.07 Å². The molecule has 8 heteroatoms. The van der Waals surface area contributed by atoms with E-state index in [2.05, 4.69) is 31.1 Å². The average molecular weight is 336 g/mol. The van der Waals surface area contributed by atoms with Gasteiger partial charge in [0.25, 0.3) is 5.16 Å². The highest BCUT2D eigenvalue weighted by atomic mass is 79.9. The van der Waals surface area contributed by atoms with E-state index in [1.165, 1.54) is 11.3 Å². The summed E-state index contributed by atoms with van der Waals surface area (Å²) in [6.07, 6.45) is 0.632. The van der Waals surface area contributed by atoms with Crippen LogP contribution in [0, 0.1) is 0 Å². The van der Waals surface area contributed by atoms with E-state index in [0.717, 1.165) is 9.35 Å². The highest BCUT2D eigenvalue weighted by molar-refractivity contribution is 9.10. The van der Waals surface area contributed by atoms with Crippen LogP contribution in [0.25, 0.3) is 0 Å². The first-order valence-corrected chi connectivity index (χ1v) is 8.20. The maximum atomic E-state index is 12.0. The van der Waals surface area contributed by atoms with Crippen LogP contribution in [-0.2, 0) is 22.0 Å². The van der Waals surface area contributed by atoms with Crippen LogP contribution < -0.4 is 0 Å². The van der Waals surface area contributed by atoms with Crippen molar-refractivity contribution in [2.75, 3.05) is 0 Å². The summed E-state index contributed by atoms with van der Waals surface area (Å²) in [6.45, 7) is 1.88. The van der Waals surface area contributed by atoms with Crippen LogP contribution >= 0.6 is 27.3 Å². The maximum Gasteiger partial charge on any atom is 0.267 e. The third kappa shape index (κ3) is 2.93. The number of hydrogen-bond acceptors (Lipinski definition) is 5. The fourth-order valence-corrected chi connectivity index (χ4v) is 4.25. The number of rotatable bonds is 4. The van der Waals surface area contributed by atoms with Crippen LogP contribution in [0.3, 0.4) is 0 Å². The third-order valence-corrected chi connectivity index (χ3v) is 5.39. The van der Waals surface area contributed by atoms with E-state index in [9.17, 15) is 8.42 Å².